The van der Waals surface area contributed by atoms with Crippen LogP contribution >= 0.6 is 0 Å². The molecule has 0 saturated heterocycles. The summed E-state index contributed by atoms with van der Waals surface area (Å²) >= 11 is 0. The Balaban J connectivity index is 3.64. The molecule has 1 aromatic rings. The summed E-state index contributed by atoms with van der Waals surface area (Å²) in [5.74, 6) is -1.65. The van der Waals surface area contributed by atoms with Gasteiger partial charge in [0.2, 0.25) is 5.75 Å². The molecular formula is C10H12N2O7. The van der Waals surface area contributed by atoms with Crippen LogP contribution in [-0.2, 0) is 0 Å². The highest BCUT2D eigenvalue weighted by Gasteiger charge is 2.35. The van der Waals surface area contributed by atoms with E-state index in [1.54, 1.807) is 6.92 Å². The number of aromatic hydroxyl groups is 1. The minimum Gasteiger partial charge on any atom is -0.504 e. The summed E-state index contributed by atoms with van der Waals surface area (Å²) in [5.41, 5.74) is -1.44. The standard InChI is InChI=1S/C10H12N2O7/c1-3-18-9-6(11(14)15)5-7(13)10(19-4-2)8(9)12(16)17/h5,13H,3-4H2,1-2H3. The third-order valence-corrected chi connectivity index (χ3v) is 2.13. The molecule has 19 heavy (non-hydrogen) atoms. The molecule has 0 atom stereocenters. The average molecular weight is 272 g/mol. The van der Waals surface area contributed by atoms with Crippen molar-refractivity contribution in [2.45, 2.75) is 13.8 Å². The number of phenolic OH excluding ortho intramolecular Hbond substituents is 1. The summed E-state index contributed by atoms with van der Waals surface area (Å²) in [5, 5.41) is 31.5. The van der Waals surface area contributed by atoms with Crippen LogP contribution in [0, 0.1) is 20.2 Å². The predicted octanol–water partition coefficient (Wildman–Crippen LogP) is 2.01. The molecule has 0 saturated carbocycles. The maximum atomic E-state index is 11.0. The van der Waals surface area contributed by atoms with Crippen molar-refractivity contribution in [1.82, 2.24) is 0 Å². The van der Waals surface area contributed by atoms with Gasteiger partial charge in [0.1, 0.15) is 0 Å². The Bertz CT molecular complexity index is 515. The lowest BCUT2D eigenvalue weighted by atomic mass is 10.2. The molecular weight excluding hydrogens is 260 g/mol. The van der Waals surface area contributed by atoms with Gasteiger partial charge in [0.15, 0.2) is 5.75 Å². The van der Waals surface area contributed by atoms with Crippen molar-refractivity contribution in [1.29, 1.82) is 0 Å². The second kappa shape index (κ2) is 5.85. The summed E-state index contributed by atoms with van der Waals surface area (Å²) < 4.78 is 9.91. The van der Waals surface area contributed by atoms with Crippen molar-refractivity contribution in [2.24, 2.45) is 0 Å². The van der Waals surface area contributed by atoms with E-state index in [0.717, 1.165) is 6.07 Å². The van der Waals surface area contributed by atoms with E-state index in [1.165, 1.54) is 6.92 Å². The van der Waals surface area contributed by atoms with Gasteiger partial charge in [-0.25, -0.2) is 0 Å². The predicted molar refractivity (Wildman–Crippen MR) is 63.8 cm³/mol. The zero-order chi connectivity index (χ0) is 14.6. The number of ether oxygens (including phenoxy) is 2. The summed E-state index contributed by atoms with van der Waals surface area (Å²) in [6, 6.07) is 0.767. The molecule has 0 aliphatic rings. The van der Waals surface area contributed by atoms with Gasteiger partial charge < -0.3 is 14.6 Å². The zero-order valence-corrected chi connectivity index (χ0v) is 10.3. The molecule has 1 aromatic carbocycles. The Kier molecular flexibility index (Phi) is 4.46. The van der Waals surface area contributed by atoms with E-state index in [4.69, 9.17) is 9.47 Å². The summed E-state index contributed by atoms with van der Waals surface area (Å²) in [4.78, 5) is 20.1. The average Bonchev–Trinajstić information content (AvgIpc) is 2.32. The van der Waals surface area contributed by atoms with Gasteiger partial charge in [-0.3, -0.25) is 20.2 Å². The number of nitro benzene ring substituents is 2. The van der Waals surface area contributed by atoms with Gasteiger partial charge in [-0.15, -0.1) is 0 Å². The van der Waals surface area contributed by atoms with Gasteiger partial charge in [0.05, 0.1) is 29.1 Å². The van der Waals surface area contributed by atoms with E-state index in [-0.39, 0.29) is 13.2 Å². The normalized spacial score (nSPS) is 10.0. The van der Waals surface area contributed by atoms with Crippen LogP contribution in [0.15, 0.2) is 6.07 Å². The molecule has 0 radical (unpaired) electrons. The summed E-state index contributed by atoms with van der Waals surface area (Å²) in [7, 11) is 0. The van der Waals surface area contributed by atoms with E-state index in [1.807, 2.05) is 0 Å². The first-order chi connectivity index (χ1) is 8.93. The summed E-state index contributed by atoms with van der Waals surface area (Å²) in [6.07, 6.45) is 0. The minimum absolute atomic E-state index is 0.00196. The molecule has 0 heterocycles. The Morgan fingerprint density at radius 1 is 1.11 bits per heavy atom. The van der Waals surface area contributed by atoms with Crippen LogP contribution in [0.2, 0.25) is 0 Å². The largest absolute Gasteiger partial charge is 0.504 e. The number of nitrogens with zero attached hydrogens (tertiary/aromatic N) is 2. The molecule has 104 valence electrons. The van der Waals surface area contributed by atoms with Crippen LogP contribution in [-0.4, -0.2) is 28.2 Å². The van der Waals surface area contributed by atoms with E-state index in [0.29, 0.717) is 0 Å². The summed E-state index contributed by atoms with van der Waals surface area (Å²) in [6.45, 7) is 3.14. The number of hydrogen-bond acceptors (Lipinski definition) is 7. The SMILES string of the molecule is CCOc1c(O)cc([N+](=O)[O-])c(OCC)c1[N+](=O)[O-]. The molecule has 0 unspecified atom stereocenters. The third kappa shape index (κ3) is 2.81. The van der Waals surface area contributed by atoms with E-state index in [9.17, 15) is 25.3 Å². The van der Waals surface area contributed by atoms with Crippen molar-refractivity contribution < 1.29 is 24.4 Å². The lowest BCUT2D eigenvalue weighted by Gasteiger charge is -2.10. The molecule has 0 bridgehead atoms. The van der Waals surface area contributed by atoms with Crippen LogP contribution < -0.4 is 9.47 Å². The zero-order valence-electron chi connectivity index (χ0n) is 10.3. The van der Waals surface area contributed by atoms with Gasteiger partial charge in [-0.2, -0.15) is 0 Å². The van der Waals surface area contributed by atoms with Crippen molar-refractivity contribution >= 4 is 11.4 Å². The molecule has 0 aromatic heterocycles. The van der Waals surface area contributed by atoms with E-state index < -0.39 is 38.5 Å². The fourth-order valence-corrected chi connectivity index (χ4v) is 1.48. The van der Waals surface area contributed by atoms with Gasteiger partial charge in [0.25, 0.3) is 5.75 Å². The molecule has 9 nitrogen and oxygen atoms in total. The fraction of sp³-hybridized carbons (Fsp3) is 0.400. The Morgan fingerprint density at radius 2 is 1.63 bits per heavy atom. The lowest BCUT2D eigenvalue weighted by molar-refractivity contribution is -0.396. The molecule has 1 rings (SSSR count). The van der Waals surface area contributed by atoms with Crippen LogP contribution in [0.4, 0.5) is 11.4 Å². The minimum atomic E-state index is -0.886. The monoisotopic (exact) mass is 272 g/mol. The number of hydrogen-bond donors (Lipinski definition) is 1. The maximum absolute atomic E-state index is 11.0. The number of benzene rings is 1. The molecule has 0 amide bonds. The highest BCUT2D eigenvalue weighted by atomic mass is 16.6. The van der Waals surface area contributed by atoms with Crippen molar-refractivity contribution in [3.05, 3.63) is 26.3 Å². The molecule has 1 N–H and O–H groups in total. The van der Waals surface area contributed by atoms with Crippen molar-refractivity contribution in [2.75, 3.05) is 13.2 Å². The quantitative estimate of drug-likeness (QED) is 0.620. The molecule has 0 aliphatic carbocycles. The number of rotatable bonds is 6. The van der Waals surface area contributed by atoms with Gasteiger partial charge in [-0.1, -0.05) is 0 Å². The Labute approximate surface area is 107 Å². The second-order valence-corrected chi connectivity index (χ2v) is 3.30. The van der Waals surface area contributed by atoms with Crippen LogP contribution in [0.25, 0.3) is 0 Å². The smallest absolute Gasteiger partial charge is 0.363 e. The van der Waals surface area contributed by atoms with Crippen molar-refractivity contribution in [3.63, 3.8) is 0 Å². The third-order valence-electron chi connectivity index (χ3n) is 2.13. The van der Waals surface area contributed by atoms with Gasteiger partial charge in [-0.05, 0) is 13.8 Å². The number of nitro groups is 2. The lowest BCUT2D eigenvalue weighted by Crippen LogP contribution is -2.05. The van der Waals surface area contributed by atoms with Gasteiger partial charge in [0, 0.05) is 0 Å². The van der Waals surface area contributed by atoms with Crippen LogP contribution in [0.3, 0.4) is 0 Å². The van der Waals surface area contributed by atoms with Gasteiger partial charge >= 0.3 is 11.4 Å². The molecule has 9 heteroatoms. The van der Waals surface area contributed by atoms with E-state index >= 15 is 0 Å². The van der Waals surface area contributed by atoms with Crippen LogP contribution in [0.5, 0.6) is 17.2 Å². The Morgan fingerprint density at radius 3 is 2.05 bits per heavy atom. The van der Waals surface area contributed by atoms with E-state index in [2.05, 4.69) is 0 Å². The van der Waals surface area contributed by atoms with Crippen LogP contribution in [0.1, 0.15) is 13.8 Å². The first-order valence-electron chi connectivity index (χ1n) is 5.38. The number of phenols is 1. The van der Waals surface area contributed by atoms with Crippen molar-refractivity contribution in [3.8, 4) is 17.2 Å². The second-order valence-electron chi connectivity index (χ2n) is 3.30. The maximum Gasteiger partial charge on any atom is 0.363 e. The topological polar surface area (TPSA) is 125 Å². The molecule has 0 fully saturated rings. The Hall–Kier alpha value is -2.58. The highest BCUT2D eigenvalue weighted by Crippen LogP contribution is 2.49. The highest BCUT2D eigenvalue weighted by molar-refractivity contribution is 5.72. The first kappa shape index (κ1) is 14.5. The fourth-order valence-electron chi connectivity index (χ4n) is 1.48. The molecule has 0 spiro atoms. The first-order valence-corrected chi connectivity index (χ1v) is 5.38. The molecule has 0 aliphatic heterocycles.